The number of alkyl halides is 3. The van der Waals surface area contributed by atoms with Crippen molar-refractivity contribution >= 4 is 34.5 Å². The molecule has 2 N–H and O–H groups in total. The lowest BCUT2D eigenvalue weighted by atomic mass is 10.2. The fourth-order valence-electron chi connectivity index (χ4n) is 2.78. The first-order valence-electron chi connectivity index (χ1n) is 8.56. The number of rotatable bonds is 4. The van der Waals surface area contributed by atoms with Crippen molar-refractivity contribution in [1.29, 1.82) is 0 Å². The molecular formula is C20H12ClF3N4O2. The standard InChI is InChI=1S/C20H12ClF3N4O2/c21-14-5-6-15-17(16(14)20(22,23)24)27-19(26-15)28-18(29)11-1-3-12(4-2-11)30-13-7-9-25-10-8-13/h1-10H,(H2,26,27,28,29). The lowest BCUT2D eigenvalue weighted by Gasteiger charge is -2.08. The number of nitrogens with one attached hydrogen (secondary N) is 2. The van der Waals surface area contributed by atoms with Gasteiger partial charge in [-0.05, 0) is 48.5 Å². The molecule has 6 nitrogen and oxygen atoms in total. The number of imidazole rings is 1. The molecule has 0 saturated carbocycles. The van der Waals surface area contributed by atoms with Gasteiger partial charge in [-0.15, -0.1) is 0 Å². The number of halogens is 4. The fourth-order valence-corrected chi connectivity index (χ4v) is 3.04. The number of fused-ring (bicyclic) bond motifs is 1. The molecule has 0 atom stereocenters. The van der Waals surface area contributed by atoms with Crippen LogP contribution in [0.2, 0.25) is 5.02 Å². The maximum absolute atomic E-state index is 13.3. The highest BCUT2D eigenvalue weighted by Crippen LogP contribution is 2.39. The molecule has 4 aromatic rings. The first kappa shape index (κ1) is 19.7. The summed E-state index contributed by atoms with van der Waals surface area (Å²) in [5, 5.41) is 1.98. The molecule has 0 aliphatic carbocycles. The molecule has 0 fully saturated rings. The van der Waals surface area contributed by atoms with E-state index in [1.54, 1.807) is 36.7 Å². The number of amides is 1. The monoisotopic (exact) mass is 432 g/mol. The highest BCUT2D eigenvalue weighted by molar-refractivity contribution is 6.32. The molecule has 0 aliphatic heterocycles. The number of hydrogen-bond acceptors (Lipinski definition) is 4. The van der Waals surface area contributed by atoms with Gasteiger partial charge in [0.05, 0.1) is 10.5 Å². The maximum atomic E-state index is 13.3. The number of carbonyl (C=O) groups excluding carboxylic acids is 1. The summed E-state index contributed by atoms with van der Waals surface area (Å²) >= 11 is 5.70. The lowest BCUT2D eigenvalue weighted by Crippen LogP contribution is -2.12. The van der Waals surface area contributed by atoms with Crippen molar-refractivity contribution in [3.8, 4) is 11.5 Å². The van der Waals surface area contributed by atoms with E-state index in [1.165, 1.54) is 18.2 Å². The second kappa shape index (κ2) is 7.68. The molecule has 0 bridgehead atoms. The number of aromatic amines is 1. The average molecular weight is 433 g/mol. The van der Waals surface area contributed by atoms with Gasteiger partial charge < -0.3 is 9.72 Å². The van der Waals surface area contributed by atoms with E-state index in [0.717, 1.165) is 6.07 Å². The van der Waals surface area contributed by atoms with Gasteiger partial charge in [0.25, 0.3) is 5.91 Å². The number of ether oxygens (including phenoxy) is 1. The topological polar surface area (TPSA) is 79.9 Å². The zero-order chi connectivity index (χ0) is 21.3. The minimum absolute atomic E-state index is 0.100. The minimum Gasteiger partial charge on any atom is -0.457 e. The van der Waals surface area contributed by atoms with E-state index in [-0.39, 0.29) is 22.5 Å². The number of carbonyl (C=O) groups is 1. The van der Waals surface area contributed by atoms with Gasteiger partial charge in [0.1, 0.15) is 22.6 Å². The highest BCUT2D eigenvalue weighted by atomic mass is 35.5. The predicted molar refractivity (Wildman–Crippen MR) is 105 cm³/mol. The van der Waals surface area contributed by atoms with E-state index in [9.17, 15) is 18.0 Å². The van der Waals surface area contributed by atoms with Gasteiger partial charge in [0.2, 0.25) is 5.95 Å². The van der Waals surface area contributed by atoms with Crippen LogP contribution in [0.25, 0.3) is 11.0 Å². The smallest absolute Gasteiger partial charge is 0.420 e. The van der Waals surface area contributed by atoms with Gasteiger partial charge in [0, 0.05) is 18.0 Å². The zero-order valence-corrected chi connectivity index (χ0v) is 15.8. The van der Waals surface area contributed by atoms with E-state index in [1.807, 2.05) is 0 Å². The molecule has 10 heteroatoms. The van der Waals surface area contributed by atoms with E-state index < -0.39 is 22.7 Å². The van der Waals surface area contributed by atoms with Crippen molar-refractivity contribution in [2.45, 2.75) is 6.18 Å². The molecule has 2 aromatic heterocycles. The number of H-pyrrole nitrogens is 1. The lowest BCUT2D eigenvalue weighted by molar-refractivity contribution is -0.136. The van der Waals surface area contributed by atoms with Crippen LogP contribution in [0.3, 0.4) is 0 Å². The molecule has 0 saturated heterocycles. The molecule has 152 valence electrons. The van der Waals surface area contributed by atoms with Gasteiger partial charge in [-0.1, -0.05) is 11.6 Å². The Hall–Kier alpha value is -3.59. The van der Waals surface area contributed by atoms with Crippen LogP contribution in [0.5, 0.6) is 11.5 Å². The molecule has 0 spiro atoms. The number of pyridine rings is 1. The summed E-state index contributed by atoms with van der Waals surface area (Å²) in [5.41, 5.74) is -1.06. The van der Waals surface area contributed by atoms with Gasteiger partial charge in [-0.25, -0.2) is 4.98 Å². The molecule has 0 radical (unpaired) electrons. The zero-order valence-electron chi connectivity index (χ0n) is 15.0. The Labute approximate surface area is 172 Å². The summed E-state index contributed by atoms with van der Waals surface area (Å²) in [6.45, 7) is 0. The van der Waals surface area contributed by atoms with Crippen LogP contribution in [0.15, 0.2) is 60.9 Å². The Morgan fingerprint density at radius 3 is 2.33 bits per heavy atom. The summed E-state index contributed by atoms with van der Waals surface area (Å²) in [5.74, 6) is 0.415. The Kier molecular flexibility index (Phi) is 5.04. The van der Waals surface area contributed by atoms with Crippen molar-refractivity contribution in [2.24, 2.45) is 0 Å². The van der Waals surface area contributed by atoms with E-state index >= 15 is 0 Å². The Morgan fingerprint density at radius 1 is 1.00 bits per heavy atom. The number of hydrogen-bond donors (Lipinski definition) is 2. The fraction of sp³-hybridized carbons (Fsp3) is 0.0500. The molecular weight excluding hydrogens is 421 g/mol. The molecule has 0 unspecified atom stereocenters. The highest BCUT2D eigenvalue weighted by Gasteiger charge is 2.36. The molecule has 30 heavy (non-hydrogen) atoms. The number of aromatic nitrogens is 3. The van der Waals surface area contributed by atoms with E-state index in [2.05, 4.69) is 20.3 Å². The van der Waals surface area contributed by atoms with Crippen LogP contribution in [0.4, 0.5) is 19.1 Å². The summed E-state index contributed by atoms with van der Waals surface area (Å²) in [6, 6.07) is 12.1. The van der Waals surface area contributed by atoms with Crippen LogP contribution in [0, 0.1) is 0 Å². The second-order valence-corrected chi connectivity index (χ2v) is 6.57. The maximum Gasteiger partial charge on any atom is 0.420 e. The third-order valence-corrected chi connectivity index (χ3v) is 4.44. The van der Waals surface area contributed by atoms with Gasteiger partial charge in [0.15, 0.2) is 0 Å². The molecule has 4 rings (SSSR count). The van der Waals surface area contributed by atoms with Crippen LogP contribution < -0.4 is 10.1 Å². The first-order chi connectivity index (χ1) is 14.3. The first-order valence-corrected chi connectivity index (χ1v) is 8.94. The minimum atomic E-state index is -4.68. The quantitative estimate of drug-likeness (QED) is 0.435. The SMILES string of the molecule is O=C(Nc1nc2c(C(F)(F)F)c(Cl)ccc2[nH]1)c1ccc(Oc2ccncc2)cc1. The second-order valence-electron chi connectivity index (χ2n) is 6.17. The summed E-state index contributed by atoms with van der Waals surface area (Å²) < 4.78 is 45.4. The van der Waals surface area contributed by atoms with Crippen molar-refractivity contribution in [3.05, 3.63) is 77.1 Å². The predicted octanol–water partition coefficient (Wildman–Crippen LogP) is 5.67. The van der Waals surface area contributed by atoms with E-state index in [0.29, 0.717) is 11.5 Å². The number of nitrogens with zero attached hydrogens (tertiary/aromatic N) is 2. The van der Waals surface area contributed by atoms with Crippen molar-refractivity contribution in [3.63, 3.8) is 0 Å². The van der Waals surface area contributed by atoms with Crippen molar-refractivity contribution in [2.75, 3.05) is 5.32 Å². The summed E-state index contributed by atoms with van der Waals surface area (Å²) in [7, 11) is 0. The van der Waals surface area contributed by atoms with E-state index in [4.69, 9.17) is 16.3 Å². The Bertz CT molecular complexity index is 1210. The average Bonchev–Trinajstić information content (AvgIpc) is 3.10. The van der Waals surface area contributed by atoms with Crippen LogP contribution in [-0.2, 0) is 6.18 Å². The Balaban J connectivity index is 1.53. The largest absolute Gasteiger partial charge is 0.457 e. The number of benzene rings is 2. The van der Waals surface area contributed by atoms with Crippen LogP contribution in [-0.4, -0.2) is 20.9 Å². The molecule has 0 aliphatic rings. The van der Waals surface area contributed by atoms with Gasteiger partial charge in [-0.3, -0.25) is 15.1 Å². The van der Waals surface area contributed by atoms with Crippen molar-refractivity contribution in [1.82, 2.24) is 15.0 Å². The third kappa shape index (κ3) is 4.06. The summed E-state index contributed by atoms with van der Waals surface area (Å²) in [4.78, 5) is 22.8. The van der Waals surface area contributed by atoms with Gasteiger partial charge >= 0.3 is 6.18 Å². The molecule has 2 aromatic carbocycles. The van der Waals surface area contributed by atoms with Crippen molar-refractivity contribution < 1.29 is 22.7 Å². The van der Waals surface area contributed by atoms with Gasteiger partial charge in [-0.2, -0.15) is 13.2 Å². The summed E-state index contributed by atoms with van der Waals surface area (Å²) in [6.07, 6.45) is -1.51. The van der Waals surface area contributed by atoms with Crippen LogP contribution in [0.1, 0.15) is 15.9 Å². The Morgan fingerprint density at radius 2 is 1.67 bits per heavy atom. The normalized spacial score (nSPS) is 11.5. The number of anilines is 1. The third-order valence-electron chi connectivity index (χ3n) is 4.12. The van der Waals surface area contributed by atoms with Crippen LogP contribution >= 0.6 is 11.6 Å². The molecule has 2 heterocycles. The molecule has 1 amide bonds.